The Balaban J connectivity index is 1.90. The minimum atomic E-state index is 0.395. The van der Waals surface area contributed by atoms with Crippen molar-refractivity contribution in [2.24, 2.45) is 11.8 Å². The van der Waals surface area contributed by atoms with Crippen LogP contribution in [0.1, 0.15) is 44.9 Å². The number of carbonyl (C=O) groups excluding carboxylic acids is 1. The van der Waals surface area contributed by atoms with Gasteiger partial charge < -0.3 is 0 Å². The van der Waals surface area contributed by atoms with Gasteiger partial charge in [-0.2, -0.15) is 0 Å². The Kier molecular flexibility index (Phi) is 2.82. The smallest absolute Gasteiger partial charge is 0.158 e. The molecule has 1 fully saturated rings. The summed E-state index contributed by atoms with van der Waals surface area (Å²) in [5.41, 5.74) is 0. The van der Waals surface area contributed by atoms with Gasteiger partial charge in [0.15, 0.2) is 5.78 Å². The van der Waals surface area contributed by atoms with Crippen LogP contribution in [0.2, 0.25) is 0 Å². The molecule has 0 aliphatic heterocycles. The lowest BCUT2D eigenvalue weighted by atomic mass is 10.1. The van der Waals surface area contributed by atoms with E-state index >= 15 is 0 Å². The van der Waals surface area contributed by atoms with Crippen molar-refractivity contribution in [3.05, 3.63) is 12.2 Å². The molecule has 0 radical (unpaired) electrons. The third-order valence-electron chi connectivity index (χ3n) is 3.27. The minimum absolute atomic E-state index is 0.395. The monoisotopic (exact) mass is 178 g/mol. The highest BCUT2D eigenvalue weighted by Gasteiger charge is 2.40. The largest absolute Gasteiger partial charge is 0.295 e. The maximum absolute atomic E-state index is 11.5. The van der Waals surface area contributed by atoms with E-state index in [0.717, 1.165) is 12.3 Å². The second-order valence-electron chi connectivity index (χ2n) is 4.40. The van der Waals surface area contributed by atoms with Crippen LogP contribution in [-0.4, -0.2) is 5.78 Å². The van der Waals surface area contributed by atoms with E-state index in [9.17, 15) is 4.79 Å². The summed E-state index contributed by atoms with van der Waals surface area (Å²) in [4.78, 5) is 11.5. The first-order valence-corrected chi connectivity index (χ1v) is 5.58. The molecular formula is C12H18O. The van der Waals surface area contributed by atoms with Gasteiger partial charge in [0.05, 0.1) is 0 Å². The van der Waals surface area contributed by atoms with Crippen LogP contribution in [0.4, 0.5) is 0 Å². The summed E-state index contributed by atoms with van der Waals surface area (Å²) in [6, 6.07) is 0. The number of fused-ring (bicyclic) bond motifs is 1. The predicted molar refractivity (Wildman–Crippen MR) is 53.4 cm³/mol. The molecule has 0 heterocycles. The van der Waals surface area contributed by atoms with E-state index in [2.05, 4.69) is 6.08 Å². The van der Waals surface area contributed by atoms with Crippen molar-refractivity contribution < 1.29 is 4.79 Å². The Bertz CT molecular complexity index is 217. The molecule has 1 nitrogen and oxygen atoms in total. The lowest BCUT2D eigenvalue weighted by Crippen LogP contribution is -1.97. The van der Waals surface area contributed by atoms with E-state index in [1.807, 2.05) is 6.08 Å². The molecule has 0 bridgehead atoms. The standard InChI is InChI=1S/C12H18O/c13-12-8-6-4-2-1-3-5-7-10-9-11(10)12/h6,8,10-11H,1-5,7,9H2/b8-6-/t10-,11-/m1/s1. The molecule has 0 unspecified atom stereocenters. The normalized spacial score (nSPS) is 37.4. The van der Waals surface area contributed by atoms with Crippen LogP contribution in [0.15, 0.2) is 12.2 Å². The Morgan fingerprint density at radius 3 is 2.92 bits per heavy atom. The summed E-state index contributed by atoms with van der Waals surface area (Å²) in [6.07, 6.45) is 12.8. The van der Waals surface area contributed by atoms with Crippen molar-refractivity contribution in [2.75, 3.05) is 0 Å². The highest BCUT2D eigenvalue weighted by atomic mass is 16.1. The van der Waals surface area contributed by atoms with Gasteiger partial charge in [0.25, 0.3) is 0 Å². The second-order valence-corrected chi connectivity index (χ2v) is 4.40. The summed E-state index contributed by atoms with van der Waals surface area (Å²) in [6.45, 7) is 0. The molecule has 2 aliphatic carbocycles. The molecule has 72 valence electrons. The first-order valence-electron chi connectivity index (χ1n) is 5.58. The molecule has 0 saturated heterocycles. The van der Waals surface area contributed by atoms with Crippen LogP contribution in [0.3, 0.4) is 0 Å². The van der Waals surface area contributed by atoms with E-state index in [1.165, 1.54) is 38.5 Å². The Hall–Kier alpha value is -0.590. The van der Waals surface area contributed by atoms with Crippen LogP contribution in [0.5, 0.6) is 0 Å². The molecule has 0 N–H and O–H groups in total. The highest BCUT2D eigenvalue weighted by molar-refractivity contribution is 5.93. The maximum Gasteiger partial charge on any atom is 0.158 e. The van der Waals surface area contributed by atoms with Crippen LogP contribution < -0.4 is 0 Å². The predicted octanol–water partition coefficient (Wildman–Crippen LogP) is 3.10. The third kappa shape index (κ3) is 2.43. The number of hydrogen-bond acceptors (Lipinski definition) is 1. The van der Waals surface area contributed by atoms with Crippen molar-refractivity contribution in [1.29, 1.82) is 0 Å². The SMILES string of the molecule is O=C1/C=C\CCCCCC[C@@H]2C[C@@H]12. The van der Waals surface area contributed by atoms with Crippen LogP contribution in [-0.2, 0) is 4.79 Å². The van der Waals surface area contributed by atoms with Crippen LogP contribution in [0.25, 0.3) is 0 Å². The molecule has 0 amide bonds. The van der Waals surface area contributed by atoms with E-state index in [0.29, 0.717) is 11.7 Å². The lowest BCUT2D eigenvalue weighted by molar-refractivity contribution is -0.116. The van der Waals surface area contributed by atoms with E-state index < -0.39 is 0 Å². The van der Waals surface area contributed by atoms with Gasteiger partial charge in [-0.1, -0.05) is 25.3 Å². The van der Waals surface area contributed by atoms with Gasteiger partial charge in [-0.05, 0) is 37.7 Å². The number of allylic oxidation sites excluding steroid dienone is 2. The fourth-order valence-electron chi connectivity index (χ4n) is 2.26. The Labute approximate surface area is 80.2 Å². The van der Waals surface area contributed by atoms with Crippen molar-refractivity contribution in [3.63, 3.8) is 0 Å². The van der Waals surface area contributed by atoms with E-state index in [4.69, 9.17) is 0 Å². The quantitative estimate of drug-likeness (QED) is 0.557. The number of ketones is 1. The van der Waals surface area contributed by atoms with Gasteiger partial charge in [0.2, 0.25) is 0 Å². The first-order chi connectivity index (χ1) is 6.38. The summed E-state index contributed by atoms with van der Waals surface area (Å²) in [5, 5.41) is 0. The summed E-state index contributed by atoms with van der Waals surface area (Å²) in [5.74, 6) is 1.55. The Morgan fingerprint density at radius 1 is 1.15 bits per heavy atom. The average molecular weight is 178 g/mol. The second kappa shape index (κ2) is 4.08. The van der Waals surface area contributed by atoms with Gasteiger partial charge in [0, 0.05) is 5.92 Å². The molecule has 1 heteroatoms. The Morgan fingerprint density at radius 2 is 2.00 bits per heavy atom. The van der Waals surface area contributed by atoms with Crippen molar-refractivity contribution >= 4 is 5.78 Å². The zero-order valence-electron chi connectivity index (χ0n) is 8.17. The molecule has 0 aromatic carbocycles. The molecule has 2 aliphatic rings. The third-order valence-corrected chi connectivity index (χ3v) is 3.27. The van der Waals surface area contributed by atoms with Crippen molar-refractivity contribution in [3.8, 4) is 0 Å². The van der Waals surface area contributed by atoms with Gasteiger partial charge >= 0.3 is 0 Å². The zero-order chi connectivity index (χ0) is 9.10. The summed E-state index contributed by atoms with van der Waals surface area (Å²) >= 11 is 0. The van der Waals surface area contributed by atoms with Crippen molar-refractivity contribution in [1.82, 2.24) is 0 Å². The molecule has 2 atom stereocenters. The van der Waals surface area contributed by atoms with Gasteiger partial charge in [0.1, 0.15) is 0 Å². The molecular weight excluding hydrogens is 160 g/mol. The van der Waals surface area contributed by atoms with Gasteiger partial charge in [-0.15, -0.1) is 0 Å². The van der Waals surface area contributed by atoms with Gasteiger partial charge in [-0.25, -0.2) is 0 Å². The van der Waals surface area contributed by atoms with E-state index in [1.54, 1.807) is 0 Å². The molecule has 0 aromatic heterocycles. The number of carbonyl (C=O) groups is 1. The minimum Gasteiger partial charge on any atom is -0.295 e. The summed E-state index contributed by atoms with van der Waals surface area (Å²) < 4.78 is 0. The number of hydrogen-bond donors (Lipinski definition) is 0. The zero-order valence-corrected chi connectivity index (χ0v) is 8.17. The topological polar surface area (TPSA) is 17.1 Å². The van der Waals surface area contributed by atoms with Crippen LogP contribution >= 0.6 is 0 Å². The average Bonchev–Trinajstić information content (AvgIpc) is 2.87. The molecule has 2 rings (SSSR count). The van der Waals surface area contributed by atoms with Crippen molar-refractivity contribution in [2.45, 2.75) is 44.9 Å². The molecule has 1 saturated carbocycles. The fraction of sp³-hybridized carbons (Fsp3) is 0.750. The molecule has 0 aromatic rings. The van der Waals surface area contributed by atoms with Crippen LogP contribution in [0, 0.1) is 11.8 Å². The maximum atomic E-state index is 11.5. The molecule has 13 heavy (non-hydrogen) atoms. The lowest BCUT2D eigenvalue weighted by Gasteiger charge is -1.97. The van der Waals surface area contributed by atoms with E-state index in [-0.39, 0.29) is 0 Å². The highest BCUT2D eigenvalue weighted by Crippen LogP contribution is 2.43. The number of rotatable bonds is 0. The molecule has 0 spiro atoms. The first kappa shape index (κ1) is 8.98. The summed E-state index contributed by atoms with van der Waals surface area (Å²) in [7, 11) is 0. The fourth-order valence-corrected chi connectivity index (χ4v) is 2.26. The van der Waals surface area contributed by atoms with Gasteiger partial charge in [-0.3, -0.25) is 4.79 Å².